The number of ether oxygens (including phenoxy) is 1. The Morgan fingerprint density at radius 3 is 2.67 bits per heavy atom. The Morgan fingerprint density at radius 1 is 1.19 bits per heavy atom. The average Bonchev–Trinajstić information content (AvgIpc) is 2.45. The van der Waals surface area contributed by atoms with E-state index in [0.717, 1.165) is 13.0 Å². The number of benzene rings is 1. The zero-order valence-electron chi connectivity index (χ0n) is 11.0. The molecule has 0 bridgehead atoms. The molecule has 0 amide bonds. The van der Waals surface area contributed by atoms with Gasteiger partial charge in [0.05, 0.1) is 16.2 Å². The molecule has 0 saturated carbocycles. The van der Waals surface area contributed by atoms with E-state index in [4.69, 9.17) is 39.5 Å². The maximum absolute atomic E-state index is 6.11. The molecule has 1 aromatic heterocycles. The second kappa shape index (κ2) is 7.49. The number of rotatable bonds is 5. The van der Waals surface area contributed by atoms with Gasteiger partial charge in [-0.2, -0.15) is 4.98 Å². The zero-order valence-corrected chi connectivity index (χ0v) is 14.8. The monoisotopic (exact) mass is 409 g/mol. The van der Waals surface area contributed by atoms with Crippen LogP contribution in [0.4, 0.5) is 5.95 Å². The first-order valence-electron chi connectivity index (χ1n) is 6.10. The van der Waals surface area contributed by atoms with E-state index in [0.29, 0.717) is 26.2 Å². The molecular weight excluding hydrogens is 400 g/mol. The first kappa shape index (κ1) is 16.6. The molecule has 1 N–H and O–H groups in total. The standard InChI is InChI=1S/C13H11BrCl3N3O/c1-2-3-18-13-19-6-10(17)12(20-13)21-11-5-8(15)7(14)4-9(11)16/h4-6H,2-3H2,1H3,(H,18,19,20). The van der Waals surface area contributed by atoms with E-state index in [2.05, 4.69) is 31.2 Å². The average molecular weight is 412 g/mol. The minimum atomic E-state index is 0.213. The molecule has 112 valence electrons. The fraction of sp³-hybridized carbons (Fsp3) is 0.231. The maximum Gasteiger partial charge on any atom is 0.243 e. The van der Waals surface area contributed by atoms with Crippen LogP contribution in [-0.4, -0.2) is 16.5 Å². The van der Waals surface area contributed by atoms with Crippen molar-refractivity contribution in [1.29, 1.82) is 0 Å². The van der Waals surface area contributed by atoms with E-state index >= 15 is 0 Å². The quantitative estimate of drug-likeness (QED) is 0.631. The van der Waals surface area contributed by atoms with Crippen LogP contribution in [0.25, 0.3) is 0 Å². The Balaban J connectivity index is 2.28. The molecule has 8 heteroatoms. The van der Waals surface area contributed by atoms with Gasteiger partial charge in [0.15, 0.2) is 0 Å². The number of nitrogens with one attached hydrogen (secondary N) is 1. The van der Waals surface area contributed by atoms with Crippen LogP contribution in [0.15, 0.2) is 22.8 Å². The van der Waals surface area contributed by atoms with Crippen molar-refractivity contribution in [3.05, 3.63) is 37.9 Å². The fourth-order valence-corrected chi connectivity index (χ4v) is 2.39. The van der Waals surface area contributed by atoms with Gasteiger partial charge in [0.1, 0.15) is 10.8 Å². The van der Waals surface area contributed by atoms with Crippen molar-refractivity contribution in [3.8, 4) is 11.6 Å². The minimum absolute atomic E-state index is 0.213. The summed E-state index contributed by atoms with van der Waals surface area (Å²) in [5.41, 5.74) is 0. The van der Waals surface area contributed by atoms with Gasteiger partial charge in [0, 0.05) is 17.1 Å². The highest BCUT2D eigenvalue weighted by molar-refractivity contribution is 9.10. The normalized spacial score (nSPS) is 10.5. The number of hydrogen-bond donors (Lipinski definition) is 1. The van der Waals surface area contributed by atoms with E-state index in [9.17, 15) is 0 Å². The van der Waals surface area contributed by atoms with Gasteiger partial charge >= 0.3 is 0 Å². The van der Waals surface area contributed by atoms with Crippen LogP contribution in [0.1, 0.15) is 13.3 Å². The molecule has 0 saturated heterocycles. The molecule has 0 aliphatic rings. The molecule has 2 aromatic rings. The molecule has 1 aromatic carbocycles. The van der Waals surface area contributed by atoms with Gasteiger partial charge in [-0.25, -0.2) is 4.98 Å². The van der Waals surface area contributed by atoms with Gasteiger partial charge in [0.25, 0.3) is 0 Å². The highest BCUT2D eigenvalue weighted by atomic mass is 79.9. The van der Waals surface area contributed by atoms with Crippen molar-refractivity contribution in [2.45, 2.75) is 13.3 Å². The summed E-state index contributed by atoms with van der Waals surface area (Å²) < 4.78 is 6.32. The smallest absolute Gasteiger partial charge is 0.243 e. The van der Waals surface area contributed by atoms with Crippen molar-refractivity contribution in [2.75, 3.05) is 11.9 Å². The SMILES string of the molecule is CCCNc1ncc(Cl)c(Oc2cc(Cl)c(Br)cc2Cl)n1. The molecule has 0 aliphatic carbocycles. The van der Waals surface area contributed by atoms with Crippen LogP contribution >= 0.6 is 50.7 Å². The summed E-state index contributed by atoms with van der Waals surface area (Å²) in [5, 5.41) is 4.21. The maximum atomic E-state index is 6.11. The van der Waals surface area contributed by atoms with Crippen LogP contribution < -0.4 is 10.1 Å². The Labute approximate surface area is 145 Å². The first-order chi connectivity index (χ1) is 10.0. The topological polar surface area (TPSA) is 47.0 Å². The first-order valence-corrected chi connectivity index (χ1v) is 8.02. The molecular formula is C13H11BrCl3N3O. The lowest BCUT2D eigenvalue weighted by molar-refractivity contribution is 0.462. The molecule has 21 heavy (non-hydrogen) atoms. The molecule has 0 spiro atoms. The summed E-state index contributed by atoms with van der Waals surface area (Å²) in [6, 6.07) is 3.23. The van der Waals surface area contributed by atoms with E-state index in [1.54, 1.807) is 12.1 Å². The Morgan fingerprint density at radius 2 is 1.95 bits per heavy atom. The third-order valence-electron chi connectivity index (χ3n) is 2.43. The number of halogens is 4. The van der Waals surface area contributed by atoms with Crippen LogP contribution in [0.5, 0.6) is 11.6 Å². The summed E-state index contributed by atoms with van der Waals surface area (Å²) in [5.74, 6) is 1.02. The third-order valence-corrected chi connectivity index (χ3v) is 4.18. The van der Waals surface area contributed by atoms with Crippen molar-refractivity contribution in [3.63, 3.8) is 0 Å². The van der Waals surface area contributed by atoms with Gasteiger partial charge in [-0.15, -0.1) is 0 Å². The van der Waals surface area contributed by atoms with E-state index < -0.39 is 0 Å². The number of anilines is 1. The summed E-state index contributed by atoms with van der Waals surface area (Å²) >= 11 is 21.5. The molecule has 0 unspecified atom stereocenters. The van der Waals surface area contributed by atoms with E-state index in [1.165, 1.54) is 6.20 Å². The minimum Gasteiger partial charge on any atom is -0.436 e. The largest absolute Gasteiger partial charge is 0.436 e. The van der Waals surface area contributed by atoms with Crippen molar-refractivity contribution in [2.24, 2.45) is 0 Å². The number of hydrogen-bond acceptors (Lipinski definition) is 4. The van der Waals surface area contributed by atoms with Gasteiger partial charge in [-0.3, -0.25) is 0 Å². The van der Waals surface area contributed by atoms with Crippen molar-refractivity contribution in [1.82, 2.24) is 9.97 Å². The lowest BCUT2D eigenvalue weighted by Crippen LogP contribution is -2.05. The van der Waals surface area contributed by atoms with Gasteiger partial charge < -0.3 is 10.1 Å². The predicted octanol–water partition coefficient (Wildman–Crippen LogP) is 5.81. The molecule has 4 nitrogen and oxygen atoms in total. The van der Waals surface area contributed by atoms with E-state index in [1.807, 2.05) is 6.92 Å². The zero-order chi connectivity index (χ0) is 15.4. The molecule has 0 radical (unpaired) electrons. The summed E-state index contributed by atoms with van der Waals surface area (Å²) in [7, 11) is 0. The predicted molar refractivity (Wildman–Crippen MR) is 90.1 cm³/mol. The summed E-state index contributed by atoms with van der Waals surface area (Å²) in [6.45, 7) is 2.80. The third kappa shape index (κ3) is 4.36. The second-order valence-electron chi connectivity index (χ2n) is 4.07. The van der Waals surface area contributed by atoms with Gasteiger partial charge in [-0.05, 0) is 28.4 Å². The van der Waals surface area contributed by atoms with Crippen LogP contribution in [0.3, 0.4) is 0 Å². The second-order valence-corrected chi connectivity index (χ2v) is 6.15. The Bertz CT molecular complexity index is 655. The van der Waals surface area contributed by atoms with Gasteiger partial charge in [-0.1, -0.05) is 41.7 Å². The number of aromatic nitrogens is 2. The Kier molecular flexibility index (Phi) is 5.93. The van der Waals surface area contributed by atoms with Crippen LogP contribution in [0.2, 0.25) is 15.1 Å². The van der Waals surface area contributed by atoms with Crippen LogP contribution in [0, 0.1) is 0 Å². The lowest BCUT2D eigenvalue weighted by Gasteiger charge is -2.10. The highest BCUT2D eigenvalue weighted by Gasteiger charge is 2.12. The van der Waals surface area contributed by atoms with Gasteiger partial charge in [0.2, 0.25) is 11.8 Å². The summed E-state index contributed by atoms with van der Waals surface area (Å²) in [4.78, 5) is 8.28. The fourth-order valence-electron chi connectivity index (χ4n) is 1.43. The van der Waals surface area contributed by atoms with E-state index in [-0.39, 0.29) is 10.9 Å². The molecule has 2 rings (SSSR count). The molecule has 0 atom stereocenters. The molecule has 0 fully saturated rings. The highest BCUT2D eigenvalue weighted by Crippen LogP contribution is 2.37. The van der Waals surface area contributed by atoms with Crippen LogP contribution in [-0.2, 0) is 0 Å². The van der Waals surface area contributed by atoms with Crippen molar-refractivity contribution < 1.29 is 4.74 Å². The van der Waals surface area contributed by atoms with Crippen molar-refractivity contribution >= 4 is 56.7 Å². The Hall–Kier alpha value is -0.750. The molecule has 1 heterocycles. The molecule has 0 aliphatic heterocycles. The summed E-state index contributed by atoms with van der Waals surface area (Å²) in [6.07, 6.45) is 2.42. The lowest BCUT2D eigenvalue weighted by atomic mass is 10.3. The number of nitrogens with zero attached hydrogens (tertiary/aromatic N) is 2.